The number of ether oxygens (including phenoxy) is 1. The van der Waals surface area contributed by atoms with Crippen molar-refractivity contribution in [2.75, 3.05) is 32.5 Å². The maximum Gasteiger partial charge on any atom is 0.306 e. The van der Waals surface area contributed by atoms with Gasteiger partial charge in [-0.3, -0.25) is 4.90 Å². The van der Waals surface area contributed by atoms with Crippen LogP contribution < -0.4 is 8.92 Å². The molecule has 6 nitrogen and oxygen atoms in total. The minimum Gasteiger partial charge on any atom is -0.504 e. The molecule has 0 spiro atoms. The Morgan fingerprint density at radius 1 is 1.12 bits per heavy atom. The average molecular weight is 376 g/mol. The van der Waals surface area contributed by atoms with Crippen molar-refractivity contribution in [1.82, 2.24) is 4.90 Å². The SMILES string of the molecule is CS(=O)(=O)Oc1ccc(-c2[c]c(OCCN3CCCC3)c(O)cc2)cc1. The lowest BCUT2D eigenvalue weighted by molar-refractivity contribution is 0.231. The Morgan fingerprint density at radius 2 is 1.81 bits per heavy atom. The first-order valence-electron chi connectivity index (χ1n) is 8.51. The Hall–Kier alpha value is -2.25. The molecule has 1 N–H and O–H groups in total. The van der Waals surface area contributed by atoms with E-state index >= 15 is 0 Å². The molecule has 1 aliphatic rings. The predicted molar refractivity (Wildman–Crippen MR) is 99.0 cm³/mol. The van der Waals surface area contributed by atoms with Gasteiger partial charge < -0.3 is 14.0 Å². The second-order valence-corrected chi connectivity index (χ2v) is 7.87. The first-order chi connectivity index (χ1) is 12.4. The fourth-order valence-corrected chi connectivity index (χ4v) is 3.35. The van der Waals surface area contributed by atoms with Crippen molar-refractivity contribution in [1.29, 1.82) is 0 Å². The van der Waals surface area contributed by atoms with Gasteiger partial charge in [0.05, 0.1) is 6.26 Å². The van der Waals surface area contributed by atoms with E-state index in [0.29, 0.717) is 12.4 Å². The fraction of sp³-hybridized carbons (Fsp3) is 0.368. The smallest absolute Gasteiger partial charge is 0.306 e. The van der Waals surface area contributed by atoms with Crippen molar-refractivity contribution in [3.8, 4) is 28.4 Å². The van der Waals surface area contributed by atoms with Crippen molar-refractivity contribution in [3.05, 3.63) is 42.5 Å². The normalized spacial score (nSPS) is 15.1. The molecule has 1 aliphatic heterocycles. The van der Waals surface area contributed by atoms with Crippen molar-refractivity contribution in [2.45, 2.75) is 12.8 Å². The Kier molecular flexibility index (Phi) is 5.68. The van der Waals surface area contributed by atoms with E-state index in [1.54, 1.807) is 36.4 Å². The van der Waals surface area contributed by atoms with Crippen molar-refractivity contribution >= 4 is 10.1 Å². The van der Waals surface area contributed by atoms with Crippen molar-refractivity contribution in [2.24, 2.45) is 0 Å². The maximum atomic E-state index is 11.2. The van der Waals surface area contributed by atoms with Crippen LogP contribution in [0.3, 0.4) is 0 Å². The van der Waals surface area contributed by atoms with Crippen LogP contribution in [-0.2, 0) is 10.1 Å². The number of phenolic OH excluding ortho intramolecular Hbond substituents is 1. The summed E-state index contributed by atoms with van der Waals surface area (Å²) in [5.74, 6) is 0.613. The van der Waals surface area contributed by atoms with Crippen LogP contribution in [0.4, 0.5) is 0 Å². The number of benzene rings is 2. The molecule has 0 aliphatic carbocycles. The molecular weight excluding hydrogens is 354 g/mol. The topological polar surface area (TPSA) is 76.1 Å². The molecule has 0 saturated carbocycles. The van der Waals surface area contributed by atoms with E-state index in [1.165, 1.54) is 12.8 Å². The lowest BCUT2D eigenvalue weighted by Crippen LogP contribution is -2.25. The van der Waals surface area contributed by atoms with Crippen LogP contribution in [-0.4, -0.2) is 50.9 Å². The monoisotopic (exact) mass is 376 g/mol. The van der Waals surface area contributed by atoms with E-state index in [4.69, 9.17) is 8.92 Å². The highest BCUT2D eigenvalue weighted by atomic mass is 32.2. The van der Waals surface area contributed by atoms with Gasteiger partial charge >= 0.3 is 10.1 Å². The minimum absolute atomic E-state index is 0.0483. The van der Waals surface area contributed by atoms with Gasteiger partial charge in [-0.2, -0.15) is 8.42 Å². The zero-order chi connectivity index (χ0) is 18.6. The van der Waals surface area contributed by atoms with Crippen LogP contribution in [0.1, 0.15) is 12.8 Å². The molecular formula is C19H22NO5S. The number of aromatic hydroxyl groups is 1. The minimum atomic E-state index is -3.55. The summed E-state index contributed by atoms with van der Waals surface area (Å²) in [7, 11) is -3.55. The van der Waals surface area contributed by atoms with Crippen LogP contribution in [0.15, 0.2) is 36.4 Å². The molecule has 0 atom stereocenters. The van der Waals surface area contributed by atoms with E-state index in [-0.39, 0.29) is 11.5 Å². The van der Waals surface area contributed by atoms with Crippen LogP contribution in [0, 0.1) is 6.07 Å². The standard InChI is InChI=1S/C19H22NO5S/c1-26(22,23)25-17-7-4-15(5-8-17)16-6-9-18(21)19(14-16)24-13-12-20-10-2-3-11-20/h4-9,21H,2-3,10-13H2,1H3. The number of rotatable bonds is 7. The van der Waals surface area contributed by atoms with E-state index in [9.17, 15) is 13.5 Å². The summed E-state index contributed by atoms with van der Waals surface area (Å²) in [6, 6.07) is 13.0. The molecule has 7 heteroatoms. The zero-order valence-electron chi connectivity index (χ0n) is 14.6. The van der Waals surface area contributed by atoms with E-state index in [1.807, 2.05) is 0 Å². The molecule has 0 amide bonds. The van der Waals surface area contributed by atoms with Crippen molar-refractivity contribution in [3.63, 3.8) is 0 Å². The fourth-order valence-electron chi connectivity index (χ4n) is 2.89. The molecule has 1 heterocycles. The van der Waals surface area contributed by atoms with Gasteiger partial charge in [-0.15, -0.1) is 0 Å². The molecule has 2 aromatic carbocycles. The first-order valence-corrected chi connectivity index (χ1v) is 10.3. The number of nitrogens with zero attached hydrogens (tertiary/aromatic N) is 1. The van der Waals surface area contributed by atoms with Gasteiger partial charge in [0.2, 0.25) is 0 Å². The molecule has 0 unspecified atom stereocenters. The second-order valence-electron chi connectivity index (χ2n) is 6.30. The Labute approximate surface area is 154 Å². The number of likely N-dealkylation sites (tertiary alicyclic amines) is 1. The molecule has 1 fully saturated rings. The highest BCUT2D eigenvalue weighted by Crippen LogP contribution is 2.31. The third-order valence-corrected chi connectivity index (χ3v) is 4.65. The molecule has 139 valence electrons. The average Bonchev–Trinajstić information content (AvgIpc) is 3.09. The van der Waals surface area contributed by atoms with Crippen molar-refractivity contribution < 1.29 is 22.4 Å². The Balaban J connectivity index is 1.68. The Morgan fingerprint density at radius 3 is 2.46 bits per heavy atom. The van der Waals surface area contributed by atoms with Crippen LogP contribution in [0.2, 0.25) is 0 Å². The zero-order valence-corrected chi connectivity index (χ0v) is 15.5. The molecule has 1 radical (unpaired) electrons. The van der Waals surface area contributed by atoms with Gasteiger partial charge in [-0.25, -0.2) is 0 Å². The summed E-state index contributed by atoms with van der Waals surface area (Å²) >= 11 is 0. The summed E-state index contributed by atoms with van der Waals surface area (Å²) in [4.78, 5) is 2.33. The highest BCUT2D eigenvalue weighted by molar-refractivity contribution is 7.86. The van der Waals surface area contributed by atoms with Gasteiger partial charge in [0.25, 0.3) is 0 Å². The number of hydrogen-bond acceptors (Lipinski definition) is 6. The van der Waals surface area contributed by atoms with E-state index in [2.05, 4.69) is 11.0 Å². The summed E-state index contributed by atoms with van der Waals surface area (Å²) in [6.07, 6.45) is 3.46. The summed E-state index contributed by atoms with van der Waals surface area (Å²) in [6.45, 7) is 3.52. The maximum absolute atomic E-state index is 11.2. The number of hydrogen-bond donors (Lipinski definition) is 1. The van der Waals surface area contributed by atoms with E-state index < -0.39 is 10.1 Å². The molecule has 0 bridgehead atoms. The van der Waals surface area contributed by atoms with Crippen LogP contribution in [0.5, 0.6) is 17.2 Å². The highest BCUT2D eigenvalue weighted by Gasteiger charge is 2.12. The summed E-state index contributed by atoms with van der Waals surface area (Å²) in [5, 5.41) is 9.99. The van der Waals surface area contributed by atoms with Gasteiger partial charge in [-0.05, 0) is 61.3 Å². The third kappa shape index (κ3) is 5.12. The van der Waals surface area contributed by atoms with Gasteiger partial charge in [0.15, 0.2) is 11.5 Å². The van der Waals surface area contributed by atoms with Crippen LogP contribution >= 0.6 is 0 Å². The first kappa shape index (κ1) is 18.5. The summed E-state index contributed by atoms with van der Waals surface area (Å²) < 4.78 is 32.8. The molecule has 26 heavy (non-hydrogen) atoms. The lowest BCUT2D eigenvalue weighted by Gasteiger charge is -2.15. The molecule has 3 rings (SSSR count). The largest absolute Gasteiger partial charge is 0.504 e. The van der Waals surface area contributed by atoms with Gasteiger partial charge in [0.1, 0.15) is 12.4 Å². The second kappa shape index (κ2) is 7.97. The lowest BCUT2D eigenvalue weighted by atomic mass is 10.1. The third-order valence-electron chi connectivity index (χ3n) is 4.15. The summed E-state index contributed by atoms with van der Waals surface area (Å²) in [5.41, 5.74) is 1.56. The van der Waals surface area contributed by atoms with Crippen LogP contribution in [0.25, 0.3) is 11.1 Å². The van der Waals surface area contributed by atoms with E-state index in [0.717, 1.165) is 37.0 Å². The van der Waals surface area contributed by atoms with Gasteiger partial charge in [0, 0.05) is 12.6 Å². The molecule has 1 saturated heterocycles. The quantitative estimate of drug-likeness (QED) is 0.749. The Bertz CT molecular complexity index is 843. The number of phenols is 1. The predicted octanol–water partition coefficient (Wildman–Crippen LogP) is 2.67. The molecule has 0 aromatic heterocycles. The van der Waals surface area contributed by atoms with Gasteiger partial charge in [-0.1, -0.05) is 12.1 Å². The molecule has 2 aromatic rings.